The molecule has 1 aromatic carbocycles. The van der Waals surface area contributed by atoms with Crippen LogP contribution in [0.4, 0.5) is 5.69 Å². The molecule has 0 fully saturated rings. The van der Waals surface area contributed by atoms with Crippen LogP contribution in [0.3, 0.4) is 0 Å². The molecule has 1 amide bonds. The number of halogens is 1. The van der Waals surface area contributed by atoms with Crippen LogP contribution in [0.15, 0.2) is 23.6 Å². The number of hydrogen-bond acceptors (Lipinski definition) is 4. The quantitative estimate of drug-likeness (QED) is 0.823. The largest absolute Gasteiger partial charge is 0.508 e. The van der Waals surface area contributed by atoms with Crippen LogP contribution in [0.5, 0.6) is 5.75 Å². The lowest BCUT2D eigenvalue weighted by Crippen LogP contribution is -2.12. The van der Waals surface area contributed by atoms with Gasteiger partial charge in [0.25, 0.3) is 5.91 Å². The van der Waals surface area contributed by atoms with E-state index in [9.17, 15) is 9.90 Å². The molecule has 0 spiro atoms. The lowest BCUT2D eigenvalue weighted by Gasteiger charge is -2.05. The van der Waals surface area contributed by atoms with Crippen LogP contribution in [0.2, 0.25) is 5.02 Å². The van der Waals surface area contributed by atoms with E-state index in [1.807, 2.05) is 6.92 Å². The van der Waals surface area contributed by atoms with Crippen LogP contribution in [0, 0.1) is 6.92 Å². The molecule has 0 aliphatic heterocycles. The average Bonchev–Trinajstić information content (AvgIpc) is 2.69. The lowest BCUT2D eigenvalue weighted by molar-refractivity contribution is 0.102. The first-order chi connectivity index (χ1) is 8.06. The molecule has 1 aromatic heterocycles. The number of hydrogen-bond donors (Lipinski definition) is 2. The van der Waals surface area contributed by atoms with Crippen molar-refractivity contribution in [2.45, 2.75) is 6.92 Å². The molecule has 0 radical (unpaired) electrons. The Bertz CT molecular complexity index is 568. The second-order valence-electron chi connectivity index (χ2n) is 3.37. The molecule has 4 nitrogen and oxygen atoms in total. The Morgan fingerprint density at radius 2 is 2.29 bits per heavy atom. The van der Waals surface area contributed by atoms with Crippen molar-refractivity contribution in [3.05, 3.63) is 39.3 Å². The molecule has 2 N–H and O–H groups in total. The van der Waals surface area contributed by atoms with E-state index < -0.39 is 0 Å². The number of aromatic nitrogens is 1. The molecule has 88 valence electrons. The van der Waals surface area contributed by atoms with Gasteiger partial charge in [0.05, 0.1) is 15.7 Å². The number of aryl methyl sites for hydroxylation is 1. The highest BCUT2D eigenvalue weighted by molar-refractivity contribution is 7.09. The first-order valence-corrected chi connectivity index (χ1v) is 6.04. The average molecular weight is 269 g/mol. The maximum atomic E-state index is 11.8. The Morgan fingerprint density at radius 3 is 2.88 bits per heavy atom. The fourth-order valence-corrected chi connectivity index (χ4v) is 2.07. The Labute approximate surface area is 107 Å². The first-order valence-electron chi connectivity index (χ1n) is 4.78. The first kappa shape index (κ1) is 11.9. The van der Waals surface area contributed by atoms with Gasteiger partial charge < -0.3 is 10.4 Å². The summed E-state index contributed by atoms with van der Waals surface area (Å²) in [5.74, 6) is -0.264. The molecule has 0 aliphatic carbocycles. The molecule has 2 aromatic rings. The van der Waals surface area contributed by atoms with Crippen molar-refractivity contribution in [3.8, 4) is 5.75 Å². The van der Waals surface area contributed by atoms with Crippen molar-refractivity contribution in [1.29, 1.82) is 0 Å². The predicted octanol–water partition coefficient (Wildman–Crippen LogP) is 3.06. The highest BCUT2D eigenvalue weighted by Crippen LogP contribution is 2.26. The molecule has 6 heteroatoms. The smallest absolute Gasteiger partial charge is 0.275 e. The number of amides is 1. The summed E-state index contributed by atoms with van der Waals surface area (Å²) in [5.41, 5.74) is 0.803. The lowest BCUT2D eigenvalue weighted by atomic mass is 10.3. The van der Waals surface area contributed by atoms with Gasteiger partial charge in [-0.25, -0.2) is 4.98 Å². The number of thiazole rings is 1. The zero-order chi connectivity index (χ0) is 12.4. The molecule has 2 rings (SSSR count). The molecule has 1 heterocycles. The SMILES string of the molecule is Cc1nc(C(=O)Nc2ccc(O)cc2Cl)cs1. The number of anilines is 1. The van der Waals surface area contributed by atoms with E-state index in [1.54, 1.807) is 5.38 Å². The number of carbonyl (C=O) groups excluding carboxylic acids is 1. The number of phenolic OH excluding ortho intramolecular Hbond substituents is 1. The van der Waals surface area contributed by atoms with Gasteiger partial charge in [0.1, 0.15) is 11.4 Å². The number of phenols is 1. The van der Waals surface area contributed by atoms with Crippen LogP contribution in [0.1, 0.15) is 15.5 Å². The van der Waals surface area contributed by atoms with Gasteiger partial charge in [0.2, 0.25) is 0 Å². The number of nitrogens with one attached hydrogen (secondary N) is 1. The zero-order valence-electron chi connectivity index (χ0n) is 8.90. The summed E-state index contributed by atoms with van der Waals surface area (Å²) in [5, 5.41) is 14.6. The van der Waals surface area contributed by atoms with Gasteiger partial charge in [-0.15, -0.1) is 11.3 Å². The van der Waals surface area contributed by atoms with Crippen LogP contribution < -0.4 is 5.32 Å². The molecule has 0 bridgehead atoms. The Balaban J connectivity index is 2.18. The minimum absolute atomic E-state index is 0.0532. The van der Waals surface area contributed by atoms with Gasteiger partial charge in [0, 0.05) is 11.4 Å². The summed E-state index contributed by atoms with van der Waals surface area (Å²) in [6.07, 6.45) is 0. The summed E-state index contributed by atoms with van der Waals surface area (Å²) >= 11 is 7.28. The maximum absolute atomic E-state index is 11.8. The fraction of sp³-hybridized carbons (Fsp3) is 0.0909. The van der Waals surface area contributed by atoms with Gasteiger partial charge >= 0.3 is 0 Å². The number of rotatable bonds is 2. The molecule has 0 aliphatic rings. The Morgan fingerprint density at radius 1 is 1.53 bits per heavy atom. The molecule has 0 atom stereocenters. The van der Waals surface area contributed by atoms with E-state index in [-0.39, 0.29) is 16.7 Å². The molecule has 0 saturated carbocycles. The highest BCUT2D eigenvalue weighted by Gasteiger charge is 2.11. The van der Waals surface area contributed by atoms with Crippen LogP contribution in [-0.2, 0) is 0 Å². The third kappa shape index (κ3) is 2.75. The number of nitrogens with zero attached hydrogens (tertiary/aromatic N) is 1. The highest BCUT2D eigenvalue weighted by atomic mass is 35.5. The molecule has 0 saturated heterocycles. The van der Waals surface area contributed by atoms with Crippen LogP contribution in [0.25, 0.3) is 0 Å². The standard InChI is InChI=1S/C11H9ClN2O2S/c1-6-13-10(5-17-6)11(16)14-9-3-2-7(15)4-8(9)12/h2-5,15H,1H3,(H,14,16). The van der Waals surface area contributed by atoms with E-state index in [2.05, 4.69) is 10.3 Å². The third-order valence-electron chi connectivity index (χ3n) is 2.05. The summed E-state index contributed by atoms with van der Waals surface area (Å²) < 4.78 is 0. The van der Waals surface area contributed by atoms with Crippen molar-refractivity contribution in [1.82, 2.24) is 4.98 Å². The van der Waals surface area contributed by atoms with Gasteiger partial charge in [0.15, 0.2) is 0 Å². The van der Waals surface area contributed by atoms with Gasteiger partial charge in [-0.2, -0.15) is 0 Å². The summed E-state index contributed by atoms with van der Waals surface area (Å²) in [6.45, 7) is 1.83. The normalized spacial score (nSPS) is 10.2. The fourth-order valence-electron chi connectivity index (χ4n) is 1.26. The topological polar surface area (TPSA) is 62.2 Å². The Kier molecular flexibility index (Phi) is 3.31. The number of carbonyl (C=O) groups is 1. The van der Waals surface area contributed by atoms with Crippen molar-refractivity contribution in [2.75, 3.05) is 5.32 Å². The molecule has 0 unspecified atom stereocenters. The van der Waals surface area contributed by atoms with Crippen molar-refractivity contribution in [2.24, 2.45) is 0 Å². The number of benzene rings is 1. The van der Waals surface area contributed by atoms with E-state index in [0.717, 1.165) is 5.01 Å². The summed E-state index contributed by atoms with van der Waals surface area (Å²) in [6, 6.07) is 4.35. The second kappa shape index (κ2) is 4.73. The van der Waals surface area contributed by atoms with Crippen LogP contribution in [-0.4, -0.2) is 16.0 Å². The van der Waals surface area contributed by atoms with Crippen molar-refractivity contribution >= 4 is 34.5 Å². The van der Waals surface area contributed by atoms with E-state index in [4.69, 9.17) is 11.6 Å². The predicted molar refractivity (Wildman–Crippen MR) is 67.9 cm³/mol. The van der Waals surface area contributed by atoms with Crippen molar-refractivity contribution < 1.29 is 9.90 Å². The monoisotopic (exact) mass is 268 g/mol. The van der Waals surface area contributed by atoms with E-state index >= 15 is 0 Å². The second-order valence-corrected chi connectivity index (χ2v) is 4.84. The zero-order valence-corrected chi connectivity index (χ0v) is 10.5. The number of aromatic hydroxyl groups is 1. The van der Waals surface area contributed by atoms with Gasteiger partial charge in [-0.1, -0.05) is 11.6 Å². The third-order valence-corrected chi connectivity index (χ3v) is 3.14. The molecule has 17 heavy (non-hydrogen) atoms. The minimum Gasteiger partial charge on any atom is -0.508 e. The molecular formula is C11H9ClN2O2S. The summed E-state index contributed by atoms with van der Waals surface area (Å²) in [7, 11) is 0. The summed E-state index contributed by atoms with van der Waals surface area (Å²) in [4.78, 5) is 15.8. The Hall–Kier alpha value is -1.59. The van der Waals surface area contributed by atoms with E-state index in [0.29, 0.717) is 11.4 Å². The van der Waals surface area contributed by atoms with Gasteiger partial charge in [-0.3, -0.25) is 4.79 Å². The van der Waals surface area contributed by atoms with Gasteiger partial charge in [-0.05, 0) is 19.1 Å². The van der Waals surface area contributed by atoms with E-state index in [1.165, 1.54) is 29.5 Å². The van der Waals surface area contributed by atoms with Crippen molar-refractivity contribution in [3.63, 3.8) is 0 Å². The molecular weight excluding hydrogens is 260 g/mol. The minimum atomic E-state index is -0.318. The van der Waals surface area contributed by atoms with Crippen LogP contribution >= 0.6 is 22.9 Å². The maximum Gasteiger partial charge on any atom is 0.275 e.